The van der Waals surface area contributed by atoms with Crippen molar-refractivity contribution in [2.45, 2.75) is 6.92 Å². The van der Waals surface area contributed by atoms with E-state index in [9.17, 15) is 4.79 Å². The lowest BCUT2D eigenvalue weighted by Crippen LogP contribution is -2.12. The first-order valence-electron chi connectivity index (χ1n) is 3.45. The number of hydrogen-bond acceptors (Lipinski definition) is 3. The Morgan fingerprint density at radius 1 is 1.75 bits per heavy atom. The predicted octanol–water partition coefficient (Wildman–Crippen LogP) is 0.466. The SMILES string of the molecule is Cc1cn[nH]c1N=CN(C)C=O. The van der Waals surface area contributed by atoms with Crippen LogP contribution in [0.15, 0.2) is 11.2 Å². The van der Waals surface area contributed by atoms with Crippen LogP contribution in [0.3, 0.4) is 0 Å². The number of hydrogen-bond donors (Lipinski definition) is 1. The molecule has 0 atom stereocenters. The van der Waals surface area contributed by atoms with Gasteiger partial charge in [0.1, 0.15) is 0 Å². The number of aryl methyl sites for hydroxylation is 1. The van der Waals surface area contributed by atoms with Crippen LogP contribution in [-0.2, 0) is 4.79 Å². The third-order valence-corrected chi connectivity index (χ3v) is 1.34. The number of aromatic nitrogens is 2. The quantitative estimate of drug-likeness (QED) is 0.403. The maximum Gasteiger partial charge on any atom is 0.214 e. The van der Waals surface area contributed by atoms with Gasteiger partial charge in [-0.1, -0.05) is 0 Å². The fourth-order valence-corrected chi connectivity index (χ4v) is 0.646. The molecule has 1 aromatic heterocycles. The van der Waals surface area contributed by atoms with E-state index < -0.39 is 0 Å². The van der Waals surface area contributed by atoms with Gasteiger partial charge in [-0.2, -0.15) is 5.10 Å². The minimum absolute atomic E-state index is 0.670. The molecule has 0 aliphatic carbocycles. The molecule has 5 nitrogen and oxygen atoms in total. The summed E-state index contributed by atoms with van der Waals surface area (Å²) >= 11 is 0. The molecule has 1 amide bonds. The topological polar surface area (TPSA) is 61.4 Å². The minimum atomic E-state index is 0.670. The van der Waals surface area contributed by atoms with Gasteiger partial charge in [-0.25, -0.2) is 4.99 Å². The normalized spacial score (nSPS) is 10.5. The molecular weight excluding hydrogens is 156 g/mol. The summed E-state index contributed by atoms with van der Waals surface area (Å²) in [6.45, 7) is 1.89. The van der Waals surface area contributed by atoms with E-state index in [4.69, 9.17) is 0 Å². The Morgan fingerprint density at radius 3 is 3.00 bits per heavy atom. The molecule has 1 N–H and O–H groups in total. The van der Waals surface area contributed by atoms with Crippen molar-refractivity contribution in [1.82, 2.24) is 15.1 Å². The van der Waals surface area contributed by atoms with Crippen LogP contribution >= 0.6 is 0 Å². The number of aliphatic imine (C=N–C) groups is 1. The third-order valence-electron chi connectivity index (χ3n) is 1.34. The second-order valence-corrected chi connectivity index (χ2v) is 2.42. The van der Waals surface area contributed by atoms with Gasteiger partial charge in [0.25, 0.3) is 0 Å². The fraction of sp³-hybridized carbons (Fsp3) is 0.286. The molecule has 0 saturated carbocycles. The highest BCUT2D eigenvalue weighted by Gasteiger charge is 1.95. The van der Waals surface area contributed by atoms with Crippen LogP contribution in [0.25, 0.3) is 0 Å². The number of nitrogens with zero attached hydrogens (tertiary/aromatic N) is 3. The van der Waals surface area contributed by atoms with Crippen LogP contribution in [-0.4, -0.2) is 34.9 Å². The average molecular weight is 166 g/mol. The van der Waals surface area contributed by atoms with Crippen molar-refractivity contribution >= 4 is 18.6 Å². The molecule has 0 radical (unpaired) electrons. The number of carbonyl (C=O) groups excluding carboxylic acids is 1. The Bertz CT molecular complexity index is 291. The Hall–Kier alpha value is -1.65. The number of nitrogens with one attached hydrogen (secondary N) is 1. The highest BCUT2D eigenvalue weighted by molar-refractivity contribution is 5.73. The van der Waals surface area contributed by atoms with E-state index in [-0.39, 0.29) is 0 Å². The summed E-state index contributed by atoms with van der Waals surface area (Å²) in [7, 11) is 1.61. The summed E-state index contributed by atoms with van der Waals surface area (Å²) in [5, 5.41) is 6.47. The largest absolute Gasteiger partial charge is 0.309 e. The van der Waals surface area contributed by atoms with E-state index in [0.717, 1.165) is 5.56 Å². The van der Waals surface area contributed by atoms with E-state index in [1.54, 1.807) is 13.2 Å². The number of aromatic amines is 1. The van der Waals surface area contributed by atoms with Gasteiger partial charge >= 0.3 is 0 Å². The second-order valence-electron chi connectivity index (χ2n) is 2.42. The molecule has 0 fully saturated rings. The molecule has 0 spiro atoms. The number of amides is 1. The van der Waals surface area contributed by atoms with Crippen molar-refractivity contribution in [3.8, 4) is 0 Å². The minimum Gasteiger partial charge on any atom is -0.309 e. The van der Waals surface area contributed by atoms with Crippen molar-refractivity contribution < 1.29 is 4.79 Å². The lowest BCUT2D eigenvalue weighted by Gasteiger charge is -1.99. The molecule has 0 aromatic carbocycles. The molecular formula is C7H10N4O. The highest BCUT2D eigenvalue weighted by atomic mass is 16.1. The Balaban J connectivity index is 2.69. The maximum atomic E-state index is 10.2. The van der Waals surface area contributed by atoms with Crippen molar-refractivity contribution in [3.05, 3.63) is 11.8 Å². The van der Waals surface area contributed by atoms with E-state index in [0.29, 0.717) is 12.2 Å². The van der Waals surface area contributed by atoms with Gasteiger partial charge in [0, 0.05) is 12.6 Å². The first kappa shape index (κ1) is 8.45. The van der Waals surface area contributed by atoms with Crippen molar-refractivity contribution in [2.24, 2.45) is 4.99 Å². The molecule has 0 bridgehead atoms. The standard InChI is InChI=1S/C7H10N4O/c1-6-3-9-10-7(6)8-4-11(2)5-12/h3-5H,1-2H3,(H,9,10). The summed E-state index contributed by atoms with van der Waals surface area (Å²) in [6, 6.07) is 0. The molecule has 0 saturated heterocycles. The lowest BCUT2D eigenvalue weighted by atomic mass is 10.4. The van der Waals surface area contributed by atoms with Gasteiger partial charge in [0.05, 0.1) is 12.5 Å². The smallest absolute Gasteiger partial charge is 0.214 e. The maximum absolute atomic E-state index is 10.2. The molecule has 5 heteroatoms. The van der Waals surface area contributed by atoms with Crippen LogP contribution < -0.4 is 0 Å². The molecule has 64 valence electrons. The molecule has 0 unspecified atom stereocenters. The van der Waals surface area contributed by atoms with Gasteiger partial charge < -0.3 is 4.90 Å². The molecule has 12 heavy (non-hydrogen) atoms. The van der Waals surface area contributed by atoms with E-state index in [1.807, 2.05) is 6.92 Å². The molecule has 1 heterocycles. The Kier molecular flexibility index (Phi) is 2.57. The number of H-pyrrole nitrogens is 1. The Labute approximate surface area is 70.1 Å². The first-order chi connectivity index (χ1) is 5.74. The Morgan fingerprint density at radius 2 is 2.50 bits per heavy atom. The van der Waals surface area contributed by atoms with E-state index in [2.05, 4.69) is 15.2 Å². The molecule has 1 rings (SSSR count). The molecule has 1 aromatic rings. The summed E-state index contributed by atoms with van der Waals surface area (Å²) in [5.74, 6) is 0.670. The number of rotatable bonds is 3. The van der Waals surface area contributed by atoms with Crippen LogP contribution in [0.4, 0.5) is 5.82 Å². The van der Waals surface area contributed by atoms with Crippen LogP contribution in [0.2, 0.25) is 0 Å². The average Bonchev–Trinajstić information content (AvgIpc) is 2.47. The monoisotopic (exact) mass is 166 g/mol. The van der Waals surface area contributed by atoms with Crippen molar-refractivity contribution in [3.63, 3.8) is 0 Å². The van der Waals surface area contributed by atoms with Gasteiger partial charge in [-0.05, 0) is 6.92 Å². The van der Waals surface area contributed by atoms with Crippen LogP contribution in [0.1, 0.15) is 5.56 Å². The zero-order chi connectivity index (χ0) is 8.97. The van der Waals surface area contributed by atoms with Gasteiger partial charge in [0.15, 0.2) is 5.82 Å². The van der Waals surface area contributed by atoms with Gasteiger partial charge in [0.2, 0.25) is 6.41 Å². The van der Waals surface area contributed by atoms with Gasteiger partial charge in [-0.15, -0.1) is 0 Å². The predicted molar refractivity (Wildman–Crippen MR) is 45.3 cm³/mol. The highest BCUT2D eigenvalue weighted by Crippen LogP contribution is 2.11. The summed E-state index contributed by atoms with van der Waals surface area (Å²) < 4.78 is 0. The lowest BCUT2D eigenvalue weighted by molar-refractivity contribution is -0.113. The van der Waals surface area contributed by atoms with Gasteiger partial charge in [-0.3, -0.25) is 9.89 Å². The fourth-order valence-electron chi connectivity index (χ4n) is 0.646. The van der Waals surface area contributed by atoms with E-state index >= 15 is 0 Å². The van der Waals surface area contributed by atoms with Crippen LogP contribution in [0, 0.1) is 6.92 Å². The molecule has 0 aliphatic heterocycles. The van der Waals surface area contributed by atoms with E-state index in [1.165, 1.54) is 11.2 Å². The summed E-state index contributed by atoms with van der Waals surface area (Å²) in [4.78, 5) is 15.5. The number of carbonyl (C=O) groups is 1. The summed E-state index contributed by atoms with van der Waals surface area (Å²) in [5.41, 5.74) is 0.950. The summed E-state index contributed by atoms with van der Waals surface area (Å²) in [6.07, 6.45) is 3.77. The zero-order valence-electron chi connectivity index (χ0n) is 6.98. The third kappa shape index (κ3) is 1.91. The zero-order valence-corrected chi connectivity index (χ0v) is 6.98. The first-order valence-corrected chi connectivity index (χ1v) is 3.45. The van der Waals surface area contributed by atoms with Crippen molar-refractivity contribution in [2.75, 3.05) is 7.05 Å². The van der Waals surface area contributed by atoms with Crippen molar-refractivity contribution in [1.29, 1.82) is 0 Å². The van der Waals surface area contributed by atoms with Crippen LogP contribution in [0.5, 0.6) is 0 Å². The second kappa shape index (κ2) is 3.66. The molecule has 0 aliphatic rings.